The Kier molecular flexibility index (Phi) is 7.21. The second kappa shape index (κ2) is 10.3. The minimum atomic E-state index is -0.544. The molecule has 0 unspecified atom stereocenters. The Morgan fingerprint density at radius 2 is 2.12 bits per heavy atom. The highest BCUT2D eigenvalue weighted by Gasteiger charge is 2.27. The van der Waals surface area contributed by atoms with Crippen LogP contribution >= 0.6 is 23.2 Å². The average Bonchev–Trinajstić information content (AvgIpc) is 3.42. The first kappa shape index (κ1) is 23.1. The van der Waals surface area contributed by atoms with Gasteiger partial charge in [0.25, 0.3) is 5.91 Å². The maximum absolute atomic E-state index is 12.9. The molecule has 0 saturated heterocycles. The highest BCUT2D eigenvalue weighted by atomic mass is 35.5. The van der Waals surface area contributed by atoms with Gasteiger partial charge >= 0.3 is 0 Å². The summed E-state index contributed by atoms with van der Waals surface area (Å²) in [4.78, 5) is 15.1. The summed E-state index contributed by atoms with van der Waals surface area (Å²) in [7, 11) is 2.01. The minimum Gasteiger partial charge on any atom is -0.378 e. The Hall–Kier alpha value is -3.02. The van der Waals surface area contributed by atoms with Crippen molar-refractivity contribution in [1.82, 2.24) is 35.6 Å². The molecule has 0 spiro atoms. The van der Waals surface area contributed by atoms with Crippen LogP contribution in [0.1, 0.15) is 53.8 Å². The number of aromatic nitrogens is 5. The number of nitrogens with one attached hydrogen (secondary N) is 1. The number of carbonyl (C=O) groups excluding carboxylic acids is 1. The maximum atomic E-state index is 12.9. The van der Waals surface area contributed by atoms with Crippen LogP contribution < -0.4 is 11.2 Å². The number of benzene rings is 1. The topological polar surface area (TPSA) is 140 Å². The molecular weight excluding hydrogens is 469 g/mol. The van der Waals surface area contributed by atoms with Crippen LogP contribution in [-0.2, 0) is 6.54 Å². The van der Waals surface area contributed by atoms with E-state index < -0.39 is 5.91 Å². The Morgan fingerprint density at radius 1 is 1.33 bits per heavy atom. The number of rotatable bonds is 7. The van der Waals surface area contributed by atoms with Crippen LogP contribution in [0, 0.1) is 0 Å². The fourth-order valence-corrected chi connectivity index (χ4v) is 4.21. The summed E-state index contributed by atoms with van der Waals surface area (Å²) in [6.45, 7) is 0.399. The van der Waals surface area contributed by atoms with Crippen molar-refractivity contribution >= 4 is 41.1 Å². The van der Waals surface area contributed by atoms with Crippen molar-refractivity contribution in [3.05, 3.63) is 45.2 Å². The van der Waals surface area contributed by atoms with Gasteiger partial charge in [-0.2, -0.15) is 9.78 Å². The summed E-state index contributed by atoms with van der Waals surface area (Å²) in [5.74, 6) is -0.331. The zero-order chi connectivity index (χ0) is 23.4. The molecule has 2 aromatic heterocycles. The van der Waals surface area contributed by atoms with Crippen LogP contribution in [-0.4, -0.2) is 55.4 Å². The van der Waals surface area contributed by atoms with Crippen LogP contribution in [0.25, 0.3) is 5.82 Å². The van der Waals surface area contributed by atoms with Crippen LogP contribution in [0.5, 0.6) is 0 Å². The molecule has 33 heavy (non-hydrogen) atoms. The van der Waals surface area contributed by atoms with E-state index in [9.17, 15) is 4.79 Å². The first-order valence-electron chi connectivity index (χ1n) is 10.5. The zero-order valence-electron chi connectivity index (χ0n) is 17.9. The molecule has 1 saturated carbocycles. The third kappa shape index (κ3) is 5.15. The molecule has 1 aliphatic carbocycles. The Bertz CT molecular complexity index is 1150. The molecule has 0 radical (unpaired) electrons. The van der Waals surface area contributed by atoms with Crippen molar-refractivity contribution in [2.45, 2.75) is 44.7 Å². The third-order valence-electron chi connectivity index (χ3n) is 5.62. The second-order valence-corrected chi connectivity index (χ2v) is 8.60. The van der Waals surface area contributed by atoms with Crippen molar-refractivity contribution in [1.29, 1.82) is 0 Å². The Labute approximate surface area is 199 Å². The number of anilines is 1. The predicted octanol–water partition coefficient (Wildman–Crippen LogP) is 3.07. The smallest absolute Gasteiger partial charge is 0.293 e. The monoisotopic (exact) mass is 491 g/mol. The van der Waals surface area contributed by atoms with E-state index in [1.54, 1.807) is 18.2 Å². The first-order valence-corrected chi connectivity index (χ1v) is 11.2. The van der Waals surface area contributed by atoms with Gasteiger partial charge < -0.3 is 5.73 Å². The lowest BCUT2D eigenvalue weighted by atomic mass is 9.94. The molecule has 4 rings (SSSR count). The maximum Gasteiger partial charge on any atom is 0.293 e. The van der Waals surface area contributed by atoms with Gasteiger partial charge in [0.2, 0.25) is 11.6 Å². The Morgan fingerprint density at radius 3 is 2.85 bits per heavy atom. The van der Waals surface area contributed by atoms with Gasteiger partial charge in [0.05, 0.1) is 22.0 Å². The molecule has 11 nitrogen and oxygen atoms in total. The molecule has 0 atom stereocenters. The lowest BCUT2D eigenvalue weighted by Gasteiger charge is -2.31. The summed E-state index contributed by atoms with van der Waals surface area (Å²) in [5.41, 5.74) is 9.47. The van der Waals surface area contributed by atoms with Crippen molar-refractivity contribution < 1.29 is 9.42 Å². The lowest BCUT2D eigenvalue weighted by Crippen LogP contribution is -2.34. The fraction of sp³-hybridized carbons (Fsp3) is 0.400. The number of hydrogen-bond donors (Lipinski definition) is 2. The van der Waals surface area contributed by atoms with Gasteiger partial charge in [0.15, 0.2) is 5.69 Å². The molecular formula is C20H23Cl2N9O2. The molecule has 0 aliphatic heterocycles. The molecule has 1 aliphatic rings. The van der Waals surface area contributed by atoms with Gasteiger partial charge in [-0.25, -0.2) is 10.1 Å². The normalized spacial score (nSPS) is 14.9. The SMILES string of the molecule is CN(Cc1c(C(=O)NN=Cc2cccc(Cl)c2Cl)nnn1-c1nonc1N)C1CCCCC1. The van der Waals surface area contributed by atoms with Gasteiger partial charge in [-0.1, -0.05) is 59.8 Å². The standard InChI is InChI=1S/C20H23Cl2N9O2/c1-30(13-7-3-2-4-8-13)11-15-17(25-29-31(15)19-18(23)27-33-28-19)20(32)26-24-10-12-6-5-9-14(21)16(12)22/h5-6,9-10,13H,2-4,7-8,11H2,1H3,(H2,23,27)(H,26,32). The lowest BCUT2D eigenvalue weighted by molar-refractivity contribution is 0.0947. The molecule has 0 bridgehead atoms. The quantitative estimate of drug-likeness (QED) is 0.379. The molecule has 1 aromatic carbocycles. The number of nitrogens with zero attached hydrogens (tertiary/aromatic N) is 7. The van der Waals surface area contributed by atoms with Gasteiger partial charge in [-0.15, -0.1) is 5.10 Å². The second-order valence-electron chi connectivity index (χ2n) is 7.82. The number of nitrogen functional groups attached to an aromatic ring is 1. The van der Waals surface area contributed by atoms with E-state index in [0.717, 1.165) is 12.8 Å². The largest absolute Gasteiger partial charge is 0.378 e. The molecule has 2 heterocycles. The van der Waals surface area contributed by atoms with E-state index in [1.807, 2.05) is 7.05 Å². The van der Waals surface area contributed by atoms with Gasteiger partial charge in [-0.05, 0) is 36.3 Å². The molecule has 174 valence electrons. The molecule has 1 amide bonds. The van der Waals surface area contributed by atoms with E-state index in [1.165, 1.54) is 30.2 Å². The molecule has 1 fully saturated rings. The minimum absolute atomic E-state index is 0.0436. The Balaban J connectivity index is 1.58. The first-order chi connectivity index (χ1) is 16.0. The van der Waals surface area contributed by atoms with E-state index in [4.69, 9.17) is 33.6 Å². The third-order valence-corrected chi connectivity index (χ3v) is 6.46. The van der Waals surface area contributed by atoms with E-state index in [2.05, 4.69) is 36.1 Å². The van der Waals surface area contributed by atoms with E-state index >= 15 is 0 Å². The van der Waals surface area contributed by atoms with Gasteiger partial charge in [0.1, 0.15) is 0 Å². The van der Waals surface area contributed by atoms with Crippen molar-refractivity contribution in [3.8, 4) is 5.82 Å². The number of halogens is 2. The number of carbonyl (C=O) groups is 1. The van der Waals surface area contributed by atoms with Crippen LogP contribution in [0.4, 0.5) is 5.82 Å². The fourth-order valence-electron chi connectivity index (χ4n) is 3.85. The predicted molar refractivity (Wildman–Crippen MR) is 123 cm³/mol. The highest BCUT2D eigenvalue weighted by molar-refractivity contribution is 6.43. The molecule has 13 heteroatoms. The van der Waals surface area contributed by atoms with Crippen LogP contribution in [0.3, 0.4) is 0 Å². The van der Waals surface area contributed by atoms with Gasteiger partial charge in [-0.3, -0.25) is 9.69 Å². The van der Waals surface area contributed by atoms with Crippen LogP contribution in [0.15, 0.2) is 27.9 Å². The molecule has 3 N–H and O–H groups in total. The summed E-state index contributed by atoms with van der Waals surface area (Å²) < 4.78 is 6.08. The molecule has 3 aromatic rings. The van der Waals surface area contributed by atoms with Crippen molar-refractivity contribution in [3.63, 3.8) is 0 Å². The van der Waals surface area contributed by atoms with Crippen molar-refractivity contribution in [2.75, 3.05) is 12.8 Å². The van der Waals surface area contributed by atoms with Crippen LogP contribution in [0.2, 0.25) is 10.0 Å². The summed E-state index contributed by atoms with van der Waals surface area (Å²) in [6, 6.07) is 5.52. The highest BCUT2D eigenvalue weighted by Crippen LogP contribution is 2.25. The van der Waals surface area contributed by atoms with E-state index in [-0.39, 0.29) is 17.3 Å². The van der Waals surface area contributed by atoms with Crippen molar-refractivity contribution in [2.24, 2.45) is 5.10 Å². The number of nitrogens with two attached hydrogens (primary N) is 1. The summed E-state index contributed by atoms with van der Waals surface area (Å²) in [5, 5.41) is 20.3. The summed E-state index contributed by atoms with van der Waals surface area (Å²) >= 11 is 12.2. The number of hydrazone groups is 1. The summed E-state index contributed by atoms with van der Waals surface area (Å²) in [6.07, 6.45) is 7.20. The zero-order valence-corrected chi connectivity index (χ0v) is 19.4. The number of hydrogen-bond acceptors (Lipinski definition) is 9. The average molecular weight is 492 g/mol. The number of amides is 1. The van der Waals surface area contributed by atoms with E-state index in [0.29, 0.717) is 33.9 Å². The van der Waals surface area contributed by atoms with Gasteiger partial charge in [0, 0.05) is 18.2 Å².